The quantitative estimate of drug-likeness (QED) is 0.834. The molecule has 0 radical (unpaired) electrons. The second-order valence-corrected chi connectivity index (χ2v) is 6.28. The minimum atomic E-state index is -0.505. The van der Waals surface area contributed by atoms with Gasteiger partial charge in [0.25, 0.3) is 0 Å². The van der Waals surface area contributed by atoms with Crippen LogP contribution >= 0.6 is 15.9 Å². The largest absolute Gasteiger partial charge is 0.316 e. The van der Waals surface area contributed by atoms with Crippen LogP contribution in [0.3, 0.4) is 0 Å². The van der Waals surface area contributed by atoms with Crippen molar-refractivity contribution in [3.63, 3.8) is 0 Å². The SMILES string of the molecule is Fc1cc(F)cc(C2CCNCC2c2ccccc2Br)c1. The predicted molar refractivity (Wildman–Crippen MR) is 83.5 cm³/mol. The zero-order valence-electron chi connectivity index (χ0n) is 11.5. The Morgan fingerprint density at radius 1 is 1.00 bits per heavy atom. The molecule has 0 bridgehead atoms. The Kier molecular flexibility index (Phi) is 4.36. The molecule has 110 valence electrons. The molecule has 3 rings (SSSR count). The molecule has 2 atom stereocenters. The topological polar surface area (TPSA) is 12.0 Å². The maximum atomic E-state index is 13.5. The average Bonchev–Trinajstić information content (AvgIpc) is 2.47. The van der Waals surface area contributed by atoms with Crippen LogP contribution in [0, 0.1) is 11.6 Å². The van der Waals surface area contributed by atoms with E-state index in [1.54, 1.807) is 0 Å². The molecule has 1 fully saturated rings. The first-order valence-corrected chi connectivity index (χ1v) is 7.85. The van der Waals surface area contributed by atoms with E-state index >= 15 is 0 Å². The Balaban J connectivity index is 2.00. The lowest BCUT2D eigenvalue weighted by Crippen LogP contribution is -2.34. The van der Waals surface area contributed by atoms with Crippen molar-refractivity contribution in [2.45, 2.75) is 18.3 Å². The van der Waals surface area contributed by atoms with Gasteiger partial charge in [-0.25, -0.2) is 8.78 Å². The highest BCUT2D eigenvalue weighted by molar-refractivity contribution is 9.10. The second kappa shape index (κ2) is 6.24. The average molecular weight is 352 g/mol. The van der Waals surface area contributed by atoms with Crippen molar-refractivity contribution in [2.24, 2.45) is 0 Å². The van der Waals surface area contributed by atoms with Crippen LogP contribution in [0.2, 0.25) is 0 Å². The van der Waals surface area contributed by atoms with Crippen molar-refractivity contribution in [2.75, 3.05) is 13.1 Å². The van der Waals surface area contributed by atoms with E-state index in [0.29, 0.717) is 0 Å². The zero-order valence-corrected chi connectivity index (χ0v) is 13.0. The Labute approximate surface area is 131 Å². The van der Waals surface area contributed by atoms with Gasteiger partial charge in [0, 0.05) is 23.0 Å². The summed E-state index contributed by atoms with van der Waals surface area (Å²) in [6.45, 7) is 1.68. The number of piperidine rings is 1. The summed E-state index contributed by atoms with van der Waals surface area (Å²) in [5.41, 5.74) is 1.93. The third-order valence-electron chi connectivity index (χ3n) is 4.10. The lowest BCUT2D eigenvalue weighted by atomic mass is 9.77. The van der Waals surface area contributed by atoms with Crippen molar-refractivity contribution in [3.05, 3.63) is 69.7 Å². The van der Waals surface area contributed by atoms with Crippen molar-refractivity contribution in [1.82, 2.24) is 5.32 Å². The fourth-order valence-electron chi connectivity index (χ4n) is 3.15. The number of nitrogens with one attached hydrogen (secondary N) is 1. The first-order chi connectivity index (χ1) is 10.1. The molecule has 1 heterocycles. The van der Waals surface area contributed by atoms with Crippen molar-refractivity contribution >= 4 is 15.9 Å². The van der Waals surface area contributed by atoms with Gasteiger partial charge in [0.15, 0.2) is 0 Å². The van der Waals surface area contributed by atoms with E-state index in [-0.39, 0.29) is 11.8 Å². The highest BCUT2D eigenvalue weighted by Crippen LogP contribution is 2.40. The lowest BCUT2D eigenvalue weighted by molar-refractivity contribution is 0.400. The van der Waals surface area contributed by atoms with Gasteiger partial charge in [-0.05, 0) is 48.2 Å². The minimum Gasteiger partial charge on any atom is -0.316 e. The molecule has 1 nitrogen and oxygen atoms in total. The third-order valence-corrected chi connectivity index (χ3v) is 4.82. The number of hydrogen-bond acceptors (Lipinski definition) is 1. The summed E-state index contributed by atoms with van der Waals surface area (Å²) in [6.07, 6.45) is 0.870. The monoisotopic (exact) mass is 351 g/mol. The van der Waals surface area contributed by atoms with Crippen LogP contribution in [0.15, 0.2) is 46.9 Å². The van der Waals surface area contributed by atoms with Gasteiger partial charge in [-0.1, -0.05) is 34.1 Å². The summed E-state index contributed by atoms with van der Waals surface area (Å²) in [7, 11) is 0. The lowest BCUT2D eigenvalue weighted by Gasteiger charge is -2.33. The third kappa shape index (κ3) is 3.16. The molecule has 21 heavy (non-hydrogen) atoms. The number of rotatable bonds is 2. The molecule has 2 aromatic carbocycles. The molecule has 1 aliphatic rings. The molecule has 0 aliphatic carbocycles. The summed E-state index contributed by atoms with van der Waals surface area (Å²) >= 11 is 3.58. The Morgan fingerprint density at radius 2 is 1.71 bits per heavy atom. The first-order valence-electron chi connectivity index (χ1n) is 7.06. The van der Waals surface area contributed by atoms with Crippen LogP contribution < -0.4 is 5.32 Å². The van der Waals surface area contributed by atoms with Crippen LogP contribution in [-0.4, -0.2) is 13.1 Å². The highest BCUT2D eigenvalue weighted by Gasteiger charge is 2.29. The van der Waals surface area contributed by atoms with Crippen LogP contribution in [0.25, 0.3) is 0 Å². The molecule has 1 aliphatic heterocycles. The molecule has 0 aromatic heterocycles. The van der Waals surface area contributed by atoms with E-state index in [9.17, 15) is 8.78 Å². The Hall–Kier alpha value is -1.26. The molecule has 0 amide bonds. The van der Waals surface area contributed by atoms with Gasteiger partial charge in [0.2, 0.25) is 0 Å². The molecular formula is C17H16BrF2N. The van der Waals surface area contributed by atoms with Crippen molar-refractivity contribution in [3.8, 4) is 0 Å². The zero-order chi connectivity index (χ0) is 14.8. The molecule has 0 spiro atoms. The summed E-state index contributed by atoms with van der Waals surface area (Å²) in [4.78, 5) is 0. The standard InChI is InChI=1S/C17H16BrF2N/c18-17-4-2-1-3-15(17)16-10-21-6-5-14(16)11-7-12(19)9-13(20)8-11/h1-4,7-9,14,16,21H,5-6,10H2. The molecule has 4 heteroatoms. The van der Waals surface area contributed by atoms with Crippen molar-refractivity contribution < 1.29 is 8.78 Å². The smallest absolute Gasteiger partial charge is 0.126 e. The van der Waals surface area contributed by atoms with E-state index in [1.165, 1.54) is 17.7 Å². The number of hydrogen-bond donors (Lipinski definition) is 1. The van der Waals surface area contributed by atoms with E-state index < -0.39 is 11.6 Å². The first kappa shape index (κ1) is 14.7. The highest BCUT2D eigenvalue weighted by atomic mass is 79.9. The van der Waals surface area contributed by atoms with Crippen molar-refractivity contribution in [1.29, 1.82) is 0 Å². The van der Waals surface area contributed by atoms with Gasteiger partial charge >= 0.3 is 0 Å². The molecule has 0 saturated carbocycles. The number of benzene rings is 2. The normalized spacial score (nSPS) is 22.2. The van der Waals surface area contributed by atoms with E-state index in [2.05, 4.69) is 27.3 Å². The summed E-state index contributed by atoms with van der Waals surface area (Å²) < 4.78 is 28.1. The number of halogens is 3. The minimum absolute atomic E-state index is 0.121. The fraction of sp³-hybridized carbons (Fsp3) is 0.294. The summed E-state index contributed by atoms with van der Waals surface area (Å²) in [6, 6.07) is 11.9. The Bertz CT molecular complexity index is 624. The van der Waals surface area contributed by atoms with Crippen LogP contribution in [0.1, 0.15) is 29.4 Å². The van der Waals surface area contributed by atoms with Crippen LogP contribution in [-0.2, 0) is 0 Å². The fourth-order valence-corrected chi connectivity index (χ4v) is 3.73. The molecule has 1 N–H and O–H groups in total. The Morgan fingerprint density at radius 3 is 2.43 bits per heavy atom. The predicted octanol–water partition coefficient (Wildman–Crippen LogP) is 4.59. The van der Waals surface area contributed by atoms with Crippen LogP contribution in [0.5, 0.6) is 0 Å². The summed E-state index contributed by atoms with van der Waals surface area (Å²) in [5, 5.41) is 3.38. The van der Waals surface area contributed by atoms with E-state index in [1.807, 2.05) is 18.2 Å². The molecular weight excluding hydrogens is 336 g/mol. The molecule has 2 aromatic rings. The van der Waals surface area contributed by atoms with Gasteiger partial charge in [-0.2, -0.15) is 0 Å². The van der Waals surface area contributed by atoms with E-state index in [4.69, 9.17) is 0 Å². The maximum absolute atomic E-state index is 13.5. The van der Waals surface area contributed by atoms with Gasteiger partial charge in [0.05, 0.1) is 0 Å². The van der Waals surface area contributed by atoms with Gasteiger partial charge in [-0.15, -0.1) is 0 Å². The van der Waals surface area contributed by atoms with Gasteiger partial charge < -0.3 is 5.32 Å². The van der Waals surface area contributed by atoms with Gasteiger partial charge in [0.1, 0.15) is 11.6 Å². The molecule has 1 saturated heterocycles. The summed E-state index contributed by atoms with van der Waals surface area (Å²) in [5.74, 6) is -0.686. The maximum Gasteiger partial charge on any atom is 0.126 e. The second-order valence-electron chi connectivity index (χ2n) is 5.43. The van der Waals surface area contributed by atoms with Gasteiger partial charge in [-0.3, -0.25) is 0 Å². The van der Waals surface area contributed by atoms with Crippen LogP contribution in [0.4, 0.5) is 8.78 Å². The van der Waals surface area contributed by atoms with E-state index in [0.717, 1.165) is 35.6 Å². The molecule has 2 unspecified atom stereocenters.